The summed E-state index contributed by atoms with van der Waals surface area (Å²) in [6.07, 6.45) is 4.40. The van der Waals surface area contributed by atoms with E-state index in [1.807, 2.05) is 0 Å². The fourth-order valence-corrected chi connectivity index (χ4v) is 1.60. The first-order valence-electron chi connectivity index (χ1n) is 5.94. The average molecular weight is 264 g/mol. The van der Waals surface area contributed by atoms with Gasteiger partial charge in [-0.1, -0.05) is 0 Å². The zero-order valence-corrected chi connectivity index (χ0v) is 11.0. The highest BCUT2D eigenvalue weighted by atomic mass is 16.4. The van der Waals surface area contributed by atoms with E-state index in [1.54, 1.807) is 0 Å². The lowest BCUT2D eigenvalue weighted by Crippen LogP contribution is -2.19. The number of carboxylic acid groups (broad SMARTS) is 2. The molecule has 0 unspecified atom stereocenters. The number of rotatable bonds is 2. The van der Waals surface area contributed by atoms with Crippen LogP contribution in [-0.2, 0) is 9.59 Å². The van der Waals surface area contributed by atoms with E-state index in [0.717, 1.165) is 39.5 Å². The summed E-state index contributed by atoms with van der Waals surface area (Å²) >= 11 is 0. The Balaban J connectivity index is 0. The van der Waals surface area contributed by atoms with Crippen molar-refractivity contribution in [1.82, 2.24) is 0 Å². The zero-order valence-electron chi connectivity index (χ0n) is 11.0. The van der Waals surface area contributed by atoms with E-state index >= 15 is 0 Å². The molecule has 0 saturated heterocycles. The van der Waals surface area contributed by atoms with Crippen LogP contribution in [-0.4, -0.2) is 45.6 Å². The topological polar surface area (TPSA) is 115 Å². The van der Waals surface area contributed by atoms with E-state index in [2.05, 4.69) is 0 Å². The van der Waals surface area contributed by atoms with Crippen molar-refractivity contribution < 1.29 is 30.0 Å². The Morgan fingerprint density at radius 2 is 1.00 bits per heavy atom. The minimum atomic E-state index is -0.833. The molecule has 6 heteroatoms. The molecule has 1 aliphatic carbocycles. The van der Waals surface area contributed by atoms with Gasteiger partial charge in [-0.15, -0.1) is 0 Å². The number of aliphatic hydroxyl groups is 2. The number of aliphatic carboxylic acids is 2. The first kappa shape index (κ1) is 19.2. The lowest BCUT2D eigenvalue weighted by atomic mass is 9.83. The Bertz CT molecular complexity index is 189. The van der Waals surface area contributed by atoms with E-state index < -0.39 is 11.9 Å². The molecule has 0 spiro atoms. The summed E-state index contributed by atoms with van der Waals surface area (Å²) in [5, 5.41) is 32.4. The molecule has 0 aliphatic heterocycles. The standard InChI is InChI=1S/C8H16O2.2C2H4O2/c9-5-7-1-2-8(6-10)4-3-7;2*1-2(3)4/h7-10H,1-6H2;2*1H3,(H,3,4). The highest BCUT2D eigenvalue weighted by Crippen LogP contribution is 2.27. The number of hydrogen-bond acceptors (Lipinski definition) is 4. The summed E-state index contributed by atoms with van der Waals surface area (Å²) in [5.74, 6) is -0.634. The second kappa shape index (κ2) is 12.3. The van der Waals surface area contributed by atoms with Crippen LogP contribution >= 0.6 is 0 Å². The highest BCUT2D eigenvalue weighted by Gasteiger charge is 2.19. The molecule has 0 bridgehead atoms. The van der Waals surface area contributed by atoms with Gasteiger partial charge in [-0.05, 0) is 37.5 Å². The number of carboxylic acids is 2. The SMILES string of the molecule is CC(=O)O.CC(=O)O.OCC1CCC(CO)CC1. The molecular formula is C12H24O6. The molecule has 0 atom stereocenters. The van der Waals surface area contributed by atoms with Gasteiger partial charge in [0.25, 0.3) is 11.9 Å². The van der Waals surface area contributed by atoms with Crippen LogP contribution in [0, 0.1) is 11.8 Å². The van der Waals surface area contributed by atoms with Crippen molar-refractivity contribution in [2.45, 2.75) is 39.5 Å². The Hall–Kier alpha value is -1.14. The minimum Gasteiger partial charge on any atom is -0.481 e. The summed E-state index contributed by atoms with van der Waals surface area (Å²) in [5.41, 5.74) is 0. The van der Waals surface area contributed by atoms with Crippen LogP contribution in [0.2, 0.25) is 0 Å². The largest absolute Gasteiger partial charge is 0.481 e. The second-order valence-corrected chi connectivity index (χ2v) is 4.29. The second-order valence-electron chi connectivity index (χ2n) is 4.29. The zero-order chi connectivity index (χ0) is 14.6. The minimum absolute atomic E-state index is 0.331. The van der Waals surface area contributed by atoms with Crippen LogP contribution in [0.3, 0.4) is 0 Å². The summed E-state index contributed by atoms with van der Waals surface area (Å²) < 4.78 is 0. The average Bonchev–Trinajstić information content (AvgIpc) is 2.28. The van der Waals surface area contributed by atoms with Crippen molar-refractivity contribution in [1.29, 1.82) is 0 Å². The van der Waals surface area contributed by atoms with Gasteiger partial charge in [-0.3, -0.25) is 9.59 Å². The predicted molar refractivity (Wildman–Crippen MR) is 66.2 cm³/mol. The molecule has 1 fully saturated rings. The molecule has 0 aromatic carbocycles. The van der Waals surface area contributed by atoms with Gasteiger partial charge in [-0.2, -0.15) is 0 Å². The van der Waals surface area contributed by atoms with Crippen LogP contribution in [0.4, 0.5) is 0 Å². The molecule has 0 amide bonds. The quantitative estimate of drug-likeness (QED) is 0.590. The van der Waals surface area contributed by atoms with Crippen molar-refractivity contribution in [2.24, 2.45) is 11.8 Å². The highest BCUT2D eigenvalue weighted by molar-refractivity contribution is 5.63. The Kier molecular flexibility index (Phi) is 13.1. The molecule has 4 N–H and O–H groups in total. The van der Waals surface area contributed by atoms with E-state index in [1.165, 1.54) is 0 Å². The first-order valence-corrected chi connectivity index (χ1v) is 5.94. The van der Waals surface area contributed by atoms with Gasteiger partial charge in [0.1, 0.15) is 0 Å². The number of carbonyl (C=O) groups is 2. The lowest BCUT2D eigenvalue weighted by Gasteiger charge is -2.25. The third-order valence-corrected chi connectivity index (χ3v) is 2.48. The van der Waals surface area contributed by atoms with Gasteiger partial charge in [0.15, 0.2) is 0 Å². The molecular weight excluding hydrogens is 240 g/mol. The van der Waals surface area contributed by atoms with E-state index in [4.69, 9.17) is 30.0 Å². The molecule has 0 heterocycles. The van der Waals surface area contributed by atoms with Crippen LogP contribution in [0.15, 0.2) is 0 Å². The maximum absolute atomic E-state index is 9.00. The van der Waals surface area contributed by atoms with Gasteiger partial charge in [0.05, 0.1) is 0 Å². The van der Waals surface area contributed by atoms with Crippen LogP contribution in [0.5, 0.6) is 0 Å². The monoisotopic (exact) mass is 264 g/mol. The van der Waals surface area contributed by atoms with Gasteiger partial charge in [0.2, 0.25) is 0 Å². The third-order valence-electron chi connectivity index (χ3n) is 2.48. The molecule has 0 aromatic rings. The molecule has 1 saturated carbocycles. The van der Waals surface area contributed by atoms with Gasteiger partial charge in [0, 0.05) is 27.1 Å². The Labute approximate surface area is 107 Å². The molecule has 1 rings (SSSR count). The van der Waals surface area contributed by atoms with Gasteiger partial charge >= 0.3 is 0 Å². The Morgan fingerprint density at radius 1 is 0.833 bits per heavy atom. The predicted octanol–water partition coefficient (Wildman–Crippen LogP) is 0.959. The maximum atomic E-state index is 9.00. The smallest absolute Gasteiger partial charge is 0.300 e. The van der Waals surface area contributed by atoms with Crippen LogP contribution in [0.25, 0.3) is 0 Å². The molecule has 108 valence electrons. The lowest BCUT2D eigenvalue weighted by molar-refractivity contribution is -0.135. The number of aliphatic hydroxyl groups excluding tert-OH is 2. The van der Waals surface area contributed by atoms with Crippen molar-refractivity contribution in [3.63, 3.8) is 0 Å². The molecule has 6 nitrogen and oxygen atoms in total. The fraction of sp³-hybridized carbons (Fsp3) is 0.833. The van der Waals surface area contributed by atoms with Crippen LogP contribution < -0.4 is 0 Å². The Morgan fingerprint density at radius 3 is 1.11 bits per heavy atom. The molecule has 1 aliphatic rings. The fourth-order valence-electron chi connectivity index (χ4n) is 1.60. The normalized spacial score (nSPS) is 21.8. The number of hydrogen-bond donors (Lipinski definition) is 4. The van der Waals surface area contributed by atoms with Crippen LogP contribution in [0.1, 0.15) is 39.5 Å². The van der Waals surface area contributed by atoms with Gasteiger partial charge < -0.3 is 20.4 Å². The van der Waals surface area contributed by atoms with Crippen molar-refractivity contribution in [3.05, 3.63) is 0 Å². The van der Waals surface area contributed by atoms with E-state index in [9.17, 15) is 0 Å². The molecule has 18 heavy (non-hydrogen) atoms. The summed E-state index contributed by atoms with van der Waals surface area (Å²) in [7, 11) is 0. The maximum Gasteiger partial charge on any atom is 0.300 e. The third kappa shape index (κ3) is 17.3. The van der Waals surface area contributed by atoms with E-state index in [0.29, 0.717) is 25.0 Å². The summed E-state index contributed by atoms with van der Waals surface area (Å²) in [4.78, 5) is 18.0. The first-order chi connectivity index (χ1) is 8.33. The van der Waals surface area contributed by atoms with E-state index in [-0.39, 0.29) is 0 Å². The summed E-state index contributed by atoms with van der Waals surface area (Å²) in [6.45, 7) is 2.83. The summed E-state index contributed by atoms with van der Waals surface area (Å²) in [6, 6.07) is 0. The molecule has 0 aromatic heterocycles. The van der Waals surface area contributed by atoms with Crippen molar-refractivity contribution >= 4 is 11.9 Å². The van der Waals surface area contributed by atoms with Gasteiger partial charge in [-0.25, -0.2) is 0 Å². The van der Waals surface area contributed by atoms with Crippen molar-refractivity contribution in [2.75, 3.05) is 13.2 Å². The molecule has 0 radical (unpaired) electrons. The van der Waals surface area contributed by atoms with Crippen molar-refractivity contribution in [3.8, 4) is 0 Å².